The molecule has 1 aliphatic rings. The summed E-state index contributed by atoms with van der Waals surface area (Å²) in [5.41, 5.74) is 3.88. The average molecular weight is 461 g/mol. The van der Waals surface area contributed by atoms with Crippen molar-refractivity contribution in [1.29, 1.82) is 0 Å². The number of nitrogens with one attached hydrogen (secondary N) is 1. The Labute approximate surface area is 194 Å². The lowest BCUT2D eigenvalue weighted by atomic mass is 9.85. The second-order valence-corrected chi connectivity index (χ2v) is 11.2. The molecule has 1 aliphatic carbocycles. The van der Waals surface area contributed by atoms with Crippen LogP contribution in [0.25, 0.3) is 21.8 Å². The Balaban J connectivity index is 1.37. The molecule has 0 radical (unpaired) electrons. The first-order valence-corrected chi connectivity index (χ1v) is 13.2. The highest BCUT2D eigenvalue weighted by Crippen LogP contribution is 2.34. The van der Waals surface area contributed by atoms with E-state index in [0.29, 0.717) is 17.0 Å². The normalized spacial score (nSPS) is 14.5. The smallest absolute Gasteiger partial charge is 0.251 e. The Morgan fingerprint density at radius 1 is 0.970 bits per heavy atom. The van der Waals surface area contributed by atoms with Crippen molar-refractivity contribution in [3.63, 3.8) is 0 Å². The number of sulfone groups is 1. The number of carbonyl (C=O) groups excluding carboxylic acids is 1. The molecule has 4 aromatic rings. The molecule has 1 aromatic heterocycles. The number of benzene rings is 3. The van der Waals surface area contributed by atoms with Gasteiger partial charge in [-0.1, -0.05) is 43.7 Å². The van der Waals surface area contributed by atoms with Crippen LogP contribution in [0.1, 0.15) is 42.1 Å². The van der Waals surface area contributed by atoms with Crippen molar-refractivity contribution in [3.05, 3.63) is 77.9 Å². The van der Waals surface area contributed by atoms with E-state index in [0.717, 1.165) is 23.4 Å². The van der Waals surface area contributed by atoms with Gasteiger partial charge in [0, 0.05) is 40.5 Å². The zero-order valence-electron chi connectivity index (χ0n) is 18.8. The summed E-state index contributed by atoms with van der Waals surface area (Å²) in [5, 5.41) is 5.24. The summed E-state index contributed by atoms with van der Waals surface area (Å²) in [7, 11) is -3.22. The number of para-hydroxylation sites is 1. The van der Waals surface area contributed by atoms with Crippen molar-refractivity contribution in [2.75, 3.05) is 5.75 Å². The van der Waals surface area contributed by atoms with Gasteiger partial charge in [-0.25, -0.2) is 8.42 Å². The predicted octanol–water partition coefficient (Wildman–Crippen LogP) is 5.32. The highest BCUT2D eigenvalue weighted by atomic mass is 32.2. The molecule has 0 atom stereocenters. The molecule has 3 aromatic carbocycles. The molecule has 1 N–H and O–H groups in total. The number of rotatable bonds is 7. The van der Waals surface area contributed by atoms with Crippen LogP contribution >= 0.6 is 0 Å². The van der Waals surface area contributed by atoms with E-state index in [9.17, 15) is 13.2 Å². The van der Waals surface area contributed by atoms with E-state index in [-0.39, 0.29) is 11.7 Å². The number of hydrogen-bond acceptors (Lipinski definition) is 3. The fourth-order valence-corrected chi connectivity index (χ4v) is 5.47. The van der Waals surface area contributed by atoms with Crippen LogP contribution in [0.4, 0.5) is 0 Å². The molecule has 5 nitrogen and oxygen atoms in total. The maximum absolute atomic E-state index is 12.9. The van der Waals surface area contributed by atoms with Crippen LogP contribution < -0.4 is 5.32 Å². The van der Waals surface area contributed by atoms with Crippen LogP contribution in [0, 0.1) is 5.92 Å². The van der Waals surface area contributed by atoms with E-state index in [1.165, 1.54) is 35.7 Å². The minimum absolute atomic E-state index is 0.0720. The summed E-state index contributed by atoms with van der Waals surface area (Å²) in [6.07, 6.45) is 3.91. The summed E-state index contributed by atoms with van der Waals surface area (Å²) >= 11 is 0. The monoisotopic (exact) mass is 460 g/mol. The fourth-order valence-electron chi connectivity index (χ4n) is 4.59. The summed E-state index contributed by atoms with van der Waals surface area (Å²) in [5.74, 6) is 0.673. The predicted molar refractivity (Wildman–Crippen MR) is 132 cm³/mol. The zero-order chi connectivity index (χ0) is 23.0. The largest absolute Gasteiger partial charge is 0.348 e. The summed E-state index contributed by atoms with van der Waals surface area (Å²) < 4.78 is 26.4. The van der Waals surface area contributed by atoms with E-state index in [1.54, 1.807) is 31.2 Å². The molecule has 6 heteroatoms. The van der Waals surface area contributed by atoms with Gasteiger partial charge < -0.3 is 9.88 Å². The lowest BCUT2D eigenvalue weighted by molar-refractivity contribution is 0.0951. The third kappa shape index (κ3) is 4.15. The van der Waals surface area contributed by atoms with E-state index < -0.39 is 9.84 Å². The number of aromatic nitrogens is 1. The highest BCUT2D eigenvalue weighted by Gasteiger charge is 2.21. The van der Waals surface area contributed by atoms with Crippen molar-refractivity contribution in [2.24, 2.45) is 5.92 Å². The molecular formula is C27H28N2O3S. The van der Waals surface area contributed by atoms with Crippen LogP contribution in [-0.4, -0.2) is 24.6 Å². The van der Waals surface area contributed by atoms with Crippen molar-refractivity contribution in [3.8, 4) is 0 Å². The minimum Gasteiger partial charge on any atom is -0.348 e. The van der Waals surface area contributed by atoms with Gasteiger partial charge in [-0.15, -0.1) is 0 Å². The third-order valence-electron chi connectivity index (χ3n) is 6.82. The van der Waals surface area contributed by atoms with E-state index in [4.69, 9.17) is 0 Å². The SMILES string of the molecule is CCS(=O)(=O)c1ccc(CNC(=O)c2ccc3c(c2)c2ccccc2n3CC2CCC2)cc1. The Morgan fingerprint density at radius 2 is 1.70 bits per heavy atom. The van der Waals surface area contributed by atoms with Crippen LogP contribution in [-0.2, 0) is 22.9 Å². The molecule has 0 unspecified atom stereocenters. The van der Waals surface area contributed by atoms with Crippen LogP contribution in [0.2, 0.25) is 0 Å². The van der Waals surface area contributed by atoms with Gasteiger partial charge in [0.1, 0.15) is 0 Å². The van der Waals surface area contributed by atoms with Gasteiger partial charge in [0.25, 0.3) is 5.91 Å². The zero-order valence-corrected chi connectivity index (χ0v) is 19.6. The molecule has 1 saturated carbocycles. The second kappa shape index (κ2) is 8.67. The van der Waals surface area contributed by atoms with Crippen molar-refractivity contribution >= 4 is 37.6 Å². The van der Waals surface area contributed by atoms with Crippen molar-refractivity contribution in [2.45, 2.75) is 44.2 Å². The van der Waals surface area contributed by atoms with Gasteiger partial charge in [0.05, 0.1) is 10.6 Å². The number of fused-ring (bicyclic) bond motifs is 3. The van der Waals surface area contributed by atoms with E-state index in [2.05, 4.69) is 34.1 Å². The fraction of sp³-hybridized carbons (Fsp3) is 0.296. The molecule has 5 rings (SSSR count). The Hall–Kier alpha value is -3.12. The van der Waals surface area contributed by atoms with E-state index >= 15 is 0 Å². The van der Waals surface area contributed by atoms with Crippen molar-refractivity contribution < 1.29 is 13.2 Å². The molecule has 1 amide bonds. The maximum atomic E-state index is 12.9. The molecule has 1 heterocycles. The molecule has 0 saturated heterocycles. The molecule has 1 fully saturated rings. The summed E-state index contributed by atoms with van der Waals surface area (Å²) in [6, 6.07) is 21.1. The van der Waals surface area contributed by atoms with Crippen LogP contribution in [0.15, 0.2) is 71.6 Å². The number of nitrogens with zero attached hydrogens (tertiary/aromatic N) is 1. The van der Waals surface area contributed by atoms with Gasteiger partial charge >= 0.3 is 0 Å². The van der Waals surface area contributed by atoms with Gasteiger partial charge in [-0.05, 0) is 60.7 Å². The molecule has 0 spiro atoms. The number of amides is 1. The Bertz CT molecular complexity index is 1430. The molecular weight excluding hydrogens is 432 g/mol. The molecule has 0 aliphatic heterocycles. The van der Waals surface area contributed by atoms with E-state index in [1.807, 2.05) is 18.2 Å². The van der Waals surface area contributed by atoms with Crippen molar-refractivity contribution in [1.82, 2.24) is 9.88 Å². The van der Waals surface area contributed by atoms with Gasteiger partial charge in [0.2, 0.25) is 0 Å². The topological polar surface area (TPSA) is 68.2 Å². The van der Waals surface area contributed by atoms with Crippen LogP contribution in [0.3, 0.4) is 0 Å². The summed E-state index contributed by atoms with van der Waals surface area (Å²) in [6.45, 7) is 3.00. The number of carbonyl (C=O) groups is 1. The first-order chi connectivity index (χ1) is 16.0. The van der Waals surface area contributed by atoms with Gasteiger partial charge in [0.15, 0.2) is 9.84 Å². The first kappa shape index (κ1) is 21.7. The highest BCUT2D eigenvalue weighted by molar-refractivity contribution is 7.91. The Kier molecular flexibility index (Phi) is 5.71. The molecule has 0 bridgehead atoms. The first-order valence-electron chi connectivity index (χ1n) is 11.6. The maximum Gasteiger partial charge on any atom is 0.251 e. The summed E-state index contributed by atoms with van der Waals surface area (Å²) in [4.78, 5) is 13.2. The average Bonchev–Trinajstić information content (AvgIpc) is 3.13. The van der Waals surface area contributed by atoms with Gasteiger partial charge in [-0.2, -0.15) is 0 Å². The lowest BCUT2D eigenvalue weighted by Crippen LogP contribution is -2.22. The number of hydrogen-bond donors (Lipinski definition) is 1. The second-order valence-electron chi connectivity index (χ2n) is 8.89. The quantitative estimate of drug-likeness (QED) is 0.406. The van der Waals surface area contributed by atoms with Crippen LogP contribution in [0.5, 0.6) is 0 Å². The molecule has 33 heavy (non-hydrogen) atoms. The lowest BCUT2D eigenvalue weighted by Gasteiger charge is -2.26. The molecule has 170 valence electrons. The standard InChI is InChI=1S/C27H28N2O3S/c1-2-33(31,32)22-13-10-19(11-14-22)17-28-27(30)21-12-15-26-24(16-21)23-8-3-4-9-25(23)29(26)18-20-6-5-7-20/h3-4,8-16,20H,2,5-7,17-18H2,1H3,(H,28,30). The van der Waals surface area contributed by atoms with Gasteiger partial charge in [-0.3, -0.25) is 4.79 Å². The Morgan fingerprint density at radius 3 is 2.39 bits per heavy atom. The minimum atomic E-state index is -3.22. The third-order valence-corrected chi connectivity index (χ3v) is 8.57.